The summed E-state index contributed by atoms with van der Waals surface area (Å²) in [5, 5.41) is 11.5. The number of para-hydroxylation sites is 2. The Bertz CT molecular complexity index is 844. The van der Waals surface area contributed by atoms with E-state index in [4.69, 9.17) is 9.73 Å². The zero-order valence-corrected chi connectivity index (χ0v) is 18.3. The van der Waals surface area contributed by atoms with Crippen molar-refractivity contribution >= 4 is 11.6 Å². The van der Waals surface area contributed by atoms with E-state index in [2.05, 4.69) is 53.5 Å². The van der Waals surface area contributed by atoms with E-state index in [0.29, 0.717) is 6.04 Å². The lowest BCUT2D eigenvalue weighted by atomic mass is 10.1. The van der Waals surface area contributed by atoms with Gasteiger partial charge in [-0.1, -0.05) is 12.1 Å². The molecule has 1 fully saturated rings. The van der Waals surface area contributed by atoms with Gasteiger partial charge in [0.15, 0.2) is 5.96 Å². The van der Waals surface area contributed by atoms with Gasteiger partial charge in [0, 0.05) is 45.0 Å². The van der Waals surface area contributed by atoms with Gasteiger partial charge in [-0.15, -0.1) is 0 Å². The average molecular weight is 399 g/mol. The van der Waals surface area contributed by atoms with Gasteiger partial charge in [0.25, 0.3) is 0 Å². The normalized spacial score (nSPS) is 16.9. The summed E-state index contributed by atoms with van der Waals surface area (Å²) in [6.45, 7) is 9.82. The molecule has 0 amide bonds. The number of benzene rings is 1. The molecule has 1 saturated heterocycles. The molecular weight excluding hydrogens is 364 g/mol. The van der Waals surface area contributed by atoms with Gasteiger partial charge in [0.2, 0.25) is 0 Å². The number of methoxy groups -OCH3 is 1. The number of nitrogens with zero attached hydrogens (tertiary/aromatic N) is 4. The fourth-order valence-electron chi connectivity index (χ4n) is 3.96. The van der Waals surface area contributed by atoms with Crippen LogP contribution in [0.1, 0.15) is 30.3 Å². The second kappa shape index (κ2) is 9.67. The van der Waals surface area contributed by atoms with Gasteiger partial charge < -0.3 is 20.3 Å². The van der Waals surface area contributed by atoms with Gasteiger partial charge in [0.05, 0.1) is 18.5 Å². The Kier molecular flexibility index (Phi) is 7.01. The Morgan fingerprint density at radius 3 is 2.79 bits per heavy atom. The quantitative estimate of drug-likeness (QED) is 0.554. The van der Waals surface area contributed by atoms with E-state index in [1.54, 1.807) is 7.11 Å². The van der Waals surface area contributed by atoms with Crippen molar-refractivity contribution in [1.82, 2.24) is 20.4 Å². The van der Waals surface area contributed by atoms with E-state index in [9.17, 15) is 0 Å². The third kappa shape index (κ3) is 5.02. The smallest absolute Gasteiger partial charge is 0.191 e. The number of hydrogen-bond donors (Lipinski definition) is 2. The summed E-state index contributed by atoms with van der Waals surface area (Å²) in [4.78, 5) is 7.19. The molecule has 0 radical (unpaired) electrons. The molecule has 3 rings (SSSR count). The van der Waals surface area contributed by atoms with Crippen LogP contribution in [0, 0.1) is 13.8 Å². The highest BCUT2D eigenvalue weighted by Gasteiger charge is 2.25. The van der Waals surface area contributed by atoms with E-state index in [1.807, 2.05) is 23.9 Å². The molecule has 2 aromatic rings. The number of anilines is 1. The van der Waals surface area contributed by atoms with E-state index in [1.165, 1.54) is 11.3 Å². The van der Waals surface area contributed by atoms with E-state index in [-0.39, 0.29) is 0 Å². The number of aromatic nitrogens is 2. The molecule has 0 spiro atoms. The van der Waals surface area contributed by atoms with Gasteiger partial charge >= 0.3 is 0 Å². The average Bonchev–Trinajstić information content (AvgIpc) is 3.27. The van der Waals surface area contributed by atoms with Gasteiger partial charge in [-0.25, -0.2) is 0 Å². The maximum Gasteiger partial charge on any atom is 0.191 e. The number of rotatable bonds is 7. The van der Waals surface area contributed by atoms with Gasteiger partial charge in [-0.2, -0.15) is 5.10 Å². The SMILES string of the molecule is CCNC(=NCCc1c(C)nn(C)c1C)NC1CCN(c2ccccc2OC)C1. The predicted octanol–water partition coefficient (Wildman–Crippen LogP) is 2.42. The maximum absolute atomic E-state index is 5.52. The van der Waals surface area contributed by atoms with Gasteiger partial charge in [0.1, 0.15) is 5.75 Å². The highest BCUT2D eigenvalue weighted by atomic mass is 16.5. The summed E-state index contributed by atoms with van der Waals surface area (Å²) in [6.07, 6.45) is 1.98. The molecule has 0 aliphatic carbocycles. The standard InChI is InChI=1S/C22H34N6O/c1-6-23-22(24-13-11-19-16(2)26-27(4)17(19)3)25-18-12-14-28(15-18)20-9-7-8-10-21(20)29-5/h7-10,18H,6,11-15H2,1-5H3,(H2,23,24,25). The van der Waals surface area contributed by atoms with Crippen molar-refractivity contribution < 1.29 is 4.74 Å². The number of aryl methyl sites for hydroxylation is 2. The molecule has 1 unspecified atom stereocenters. The van der Waals surface area contributed by atoms with Crippen LogP contribution >= 0.6 is 0 Å². The Labute approximate surface area is 174 Å². The molecule has 7 nitrogen and oxygen atoms in total. The van der Waals surface area contributed by atoms with Crippen LogP contribution in [0.5, 0.6) is 5.75 Å². The van der Waals surface area contributed by atoms with Crippen molar-refractivity contribution in [1.29, 1.82) is 0 Å². The van der Waals surface area contributed by atoms with Crippen LogP contribution in [0.4, 0.5) is 5.69 Å². The van der Waals surface area contributed by atoms with E-state index >= 15 is 0 Å². The molecular formula is C22H34N6O. The molecule has 2 N–H and O–H groups in total. The third-order valence-corrected chi connectivity index (χ3v) is 5.59. The van der Waals surface area contributed by atoms with Crippen molar-refractivity contribution in [3.63, 3.8) is 0 Å². The van der Waals surface area contributed by atoms with Crippen LogP contribution < -0.4 is 20.3 Å². The lowest BCUT2D eigenvalue weighted by Gasteiger charge is -2.22. The summed E-state index contributed by atoms with van der Waals surface area (Å²) >= 11 is 0. The highest BCUT2D eigenvalue weighted by molar-refractivity contribution is 5.80. The van der Waals surface area contributed by atoms with Gasteiger partial charge in [-0.05, 0) is 51.3 Å². The number of hydrogen-bond acceptors (Lipinski definition) is 4. The zero-order valence-electron chi connectivity index (χ0n) is 18.3. The van der Waals surface area contributed by atoms with E-state index < -0.39 is 0 Å². The lowest BCUT2D eigenvalue weighted by Crippen LogP contribution is -2.44. The Balaban J connectivity index is 1.59. The minimum absolute atomic E-state index is 0.361. The second-order valence-electron chi connectivity index (χ2n) is 7.53. The first kappa shape index (κ1) is 21.0. The summed E-state index contributed by atoms with van der Waals surface area (Å²) < 4.78 is 7.47. The molecule has 7 heteroatoms. The molecule has 2 heterocycles. The minimum Gasteiger partial charge on any atom is -0.495 e. The first-order valence-electron chi connectivity index (χ1n) is 10.4. The summed E-state index contributed by atoms with van der Waals surface area (Å²) in [5.74, 6) is 1.81. The summed E-state index contributed by atoms with van der Waals surface area (Å²) in [6, 6.07) is 8.57. The Morgan fingerprint density at radius 2 is 2.10 bits per heavy atom. The number of aliphatic imine (C=N–C) groups is 1. The number of guanidine groups is 1. The molecule has 1 aliphatic heterocycles. The summed E-state index contributed by atoms with van der Waals surface area (Å²) in [5.41, 5.74) is 4.78. The van der Waals surface area contributed by atoms with Crippen LogP contribution in [0.25, 0.3) is 0 Å². The number of nitrogens with one attached hydrogen (secondary N) is 2. The van der Waals surface area contributed by atoms with Gasteiger partial charge in [-0.3, -0.25) is 9.67 Å². The minimum atomic E-state index is 0.361. The van der Waals surface area contributed by atoms with Crippen molar-refractivity contribution in [2.45, 2.75) is 39.7 Å². The Hall–Kier alpha value is -2.70. The van der Waals surface area contributed by atoms with Crippen LogP contribution in [0.2, 0.25) is 0 Å². The van der Waals surface area contributed by atoms with Crippen molar-refractivity contribution in [3.05, 3.63) is 41.2 Å². The Morgan fingerprint density at radius 1 is 1.31 bits per heavy atom. The monoisotopic (exact) mass is 398 g/mol. The van der Waals surface area contributed by atoms with Crippen LogP contribution in [-0.4, -0.2) is 55.1 Å². The highest BCUT2D eigenvalue weighted by Crippen LogP contribution is 2.30. The first-order chi connectivity index (χ1) is 14.0. The molecule has 29 heavy (non-hydrogen) atoms. The summed E-state index contributed by atoms with van der Waals surface area (Å²) in [7, 11) is 3.72. The topological polar surface area (TPSA) is 66.7 Å². The molecule has 0 saturated carbocycles. The lowest BCUT2D eigenvalue weighted by molar-refractivity contribution is 0.415. The molecule has 1 aliphatic rings. The van der Waals surface area contributed by atoms with Crippen molar-refractivity contribution in [2.24, 2.45) is 12.0 Å². The molecule has 1 atom stereocenters. The van der Waals surface area contributed by atoms with Crippen LogP contribution in [-0.2, 0) is 13.5 Å². The van der Waals surface area contributed by atoms with Crippen molar-refractivity contribution in [3.8, 4) is 5.75 Å². The molecule has 158 valence electrons. The predicted molar refractivity (Wildman–Crippen MR) is 119 cm³/mol. The van der Waals surface area contributed by atoms with Crippen LogP contribution in [0.15, 0.2) is 29.3 Å². The second-order valence-corrected chi connectivity index (χ2v) is 7.53. The number of ether oxygens (including phenoxy) is 1. The molecule has 1 aromatic heterocycles. The fraction of sp³-hybridized carbons (Fsp3) is 0.545. The van der Waals surface area contributed by atoms with Crippen LogP contribution in [0.3, 0.4) is 0 Å². The fourth-order valence-corrected chi connectivity index (χ4v) is 3.96. The zero-order chi connectivity index (χ0) is 20.8. The maximum atomic E-state index is 5.52. The van der Waals surface area contributed by atoms with E-state index in [0.717, 1.165) is 62.1 Å². The largest absolute Gasteiger partial charge is 0.495 e. The molecule has 1 aromatic carbocycles. The first-order valence-corrected chi connectivity index (χ1v) is 10.4. The third-order valence-electron chi connectivity index (χ3n) is 5.59. The molecule has 0 bridgehead atoms. The van der Waals surface area contributed by atoms with Crippen molar-refractivity contribution in [2.75, 3.05) is 38.2 Å².